The minimum Gasteiger partial charge on any atom is -0.392 e. The first-order valence-corrected chi connectivity index (χ1v) is 6.65. The molecule has 1 fully saturated rings. The van der Waals surface area contributed by atoms with Crippen LogP contribution in [0.2, 0.25) is 0 Å². The second-order valence-electron chi connectivity index (χ2n) is 5.21. The molecule has 1 saturated heterocycles. The van der Waals surface area contributed by atoms with E-state index >= 15 is 0 Å². The van der Waals surface area contributed by atoms with Crippen molar-refractivity contribution < 1.29 is 9.84 Å². The summed E-state index contributed by atoms with van der Waals surface area (Å²) >= 11 is 0. The third kappa shape index (κ3) is 4.81. The van der Waals surface area contributed by atoms with Crippen molar-refractivity contribution in [3.05, 3.63) is 0 Å². The Morgan fingerprint density at radius 2 is 2.19 bits per heavy atom. The van der Waals surface area contributed by atoms with Gasteiger partial charge in [-0.3, -0.25) is 4.90 Å². The summed E-state index contributed by atoms with van der Waals surface area (Å²) in [5, 5.41) is 9.86. The highest BCUT2D eigenvalue weighted by Crippen LogP contribution is 2.15. The van der Waals surface area contributed by atoms with Crippen molar-refractivity contribution in [3.63, 3.8) is 0 Å². The summed E-state index contributed by atoms with van der Waals surface area (Å²) < 4.78 is 5.78. The Morgan fingerprint density at radius 3 is 2.81 bits per heavy atom. The molecule has 3 heteroatoms. The van der Waals surface area contributed by atoms with Gasteiger partial charge in [-0.15, -0.1) is 0 Å². The van der Waals surface area contributed by atoms with Crippen LogP contribution in [0.3, 0.4) is 0 Å². The van der Waals surface area contributed by atoms with Crippen molar-refractivity contribution in [1.29, 1.82) is 0 Å². The number of likely N-dealkylation sites (tertiary alicyclic amines) is 1. The maximum Gasteiger partial charge on any atom is 0.0702 e. The van der Waals surface area contributed by atoms with Gasteiger partial charge in [0.25, 0.3) is 0 Å². The fraction of sp³-hybridized carbons (Fsp3) is 1.00. The summed E-state index contributed by atoms with van der Waals surface area (Å²) in [7, 11) is 0. The van der Waals surface area contributed by atoms with Crippen LogP contribution in [0.5, 0.6) is 0 Å². The molecule has 0 bridgehead atoms. The first-order chi connectivity index (χ1) is 7.63. The molecular formula is C13H27NO2. The van der Waals surface area contributed by atoms with Crippen LogP contribution in [0, 0.1) is 5.92 Å². The van der Waals surface area contributed by atoms with Crippen LogP contribution in [0.1, 0.15) is 40.0 Å². The zero-order valence-electron chi connectivity index (χ0n) is 11.0. The Morgan fingerprint density at radius 1 is 1.44 bits per heavy atom. The number of nitrogens with zero attached hydrogens (tertiary/aromatic N) is 1. The van der Waals surface area contributed by atoms with Gasteiger partial charge in [0.05, 0.1) is 12.2 Å². The molecule has 0 aromatic heterocycles. The molecule has 16 heavy (non-hydrogen) atoms. The largest absolute Gasteiger partial charge is 0.392 e. The van der Waals surface area contributed by atoms with E-state index in [1.807, 2.05) is 0 Å². The minimum absolute atomic E-state index is 0.204. The number of β-amino-alcohol motifs (C(OH)–C–C–N with tert-alkyl or cyclic N) is 1. The second-order valence-corrected chi connectivity index (χ2v) is 5.21. The van der Waals surface area contributed by atoms with Crippen LogP contribution in [0.15, 0.2) is 0 Å². The highest BCUT2D eigenvalue weighted by molar-refractivity contribution is 4.76. The Balaban J connectivity index is 2.27. The number of aliphatic hydroxyl groups is 1. The lowest BCUT2D eigenvalue weighted by Crippen LogP contribution is -2.44. The van der Waals surface area contributed by atoms with E-state index in [0.29, 0.717) is 12.0 Å². The van der Waals surface area contributed by atoms with Crippen molar-refractivity contribution in [2.75, 3.05) is 26.2 Å². The number of rotatable bonds is 6. The molecule has 0 amide bonds. The molecule has 0 aromatic rings. The first-order valence-electron chi connectivity index (χ1n) is 6.65. The van der Waals surface area contributed by atoms with Crippen LogP contribution in [-0.2, 0) is 4.74 Å². The van der Waals surface area contributed by atoms with Gasteiger partial charge in [-0.25, -0.2) is 0 Å². The first kappa shape index (κ1) is 13.9. The molecule has 96 valence electrons. The average Bonchev–Trinajstić information content (AvgIpc) is 2.26. The highest BCUT2D eigenvalue weighted by atomic mass is 16.5. The predicted molar refractivity (Wildman–Crippen MR) is 66.5 cm³/mol. The molecule has 0 saturated carbocycles. The SMILES string of the molecule is CCCOC1CCCN(CC(O)C(C)C)C1. The number of ether oxygens (including phenoxy) is 1. The fourth-order valence-electron chi connectivity index (χ4n) is 2.07. The molecule has 0 aromatic carbocycles. The lowest BCUT2D eigenvalue weighted by atomic mass is 10.0. The van der Waals surface area contributed by atoms with Crippen molar-refractivity contribution in [1.82, 2.24) is 4.90 Å². The minimum atomic E-state index is -0.204. The molecule has 2 atom stereocenters. The predicted octanol–water partition coefficient (Wildman–Crippen LogP) is 1.89. The fourth-order valence-corrected chi connectivity index (χ4v) is 2.07. The highest BCUT2D eigenvalue weighted by Gasteiger charge is 2.22. The number of piperidine rings is 1. The number of hydrogen-bond donors (Lipinski definition) is 1. The summed E-state index contributed by atoms with van der Waals surface area (Å²) in [5.41, 5.74) is 0. The smallest absolute Gasteiger partial charge is 0.0702 e. The van der Waals surface area contributed by atoms with E-state index in [1.165, 1.54) is 12.8 Å². The Labute approximate surface area is 99.8 Å². The van der Waals surface area contributed by atoms with E-state index in [0.717, 1.165) is 32.7 Å². The van der Waals surface area contributed by atoms with Gasteiger partial charge in [0.15, 0.2) is 0 Å². The van der Waals surface area contributed by atoms with Gasteiger partial charge < -0.3 is 9.84 Å². The monoisotopic (exact) mass is 229 g/mol. The van der Waals surface area contributed by atoms with Crippen molar-refractivity contribution >= 4 is 0 Å². The molecule has 1 aliphatic rings. The topological polar surface area (TPSA) is 32.7 Å². The van der Waals surface area contributed by atoms with Gasteiger partial charge in [0, 0.05) is 19.7 Å². The molecule has 1 rings (SSSR count). The van der Waals surface area contributed by atoms with Gasteiger partial charge in [-0.2, -0.15) is 0 Å². The molecule has 0 spiro atoms. The van der Waals surface area contributed by atoms with E-state index in [-0.39, 0.29) is 6.10 Å². The van der Waals surface area contributed by atoms with E-state index in [1.54, 1.807) is 0 Å². The van der Waals surface area contributed by atoms with E-state index in [4.69, 9.17) is 4.74 Å². The quantitative estimate of drug-likeness (QED) is 0.755. The third-order valence-electron chi connectivity index (χ3n) is 3.23. The molecule has 1 heterocycles. The number of hydrogen-bond acceptors (Lipinski definition) is 3. The summed E-state index contributed by atoms with van der Waals surface area (Å²) in [4.78, 5) is 2.34. The summed E-state index contributed by atoms with van der Waals surface area (Å²) in [5.74, 6) is 0.344. The maximum absolute atomic E-state index is 9.86. The summed E-state index contributed by atoms with van der Waals surface area (Å²) in [6, 6.07) is 0. The molecular weight excluding hydrogens is 202 g/mol. The van der Waals surface area contributed by atoms with Crippen LogP contribution in [0.25, 0.3) is 0 Å². The van der Waals surface area contributed by atoms with Crippen LogP contribution >= 0.6 is 0 Å². The van der Waals surface area contributed by atoms with E-state index < -0.39 is 0 Å². The molecule has 1 aliphatic heterocycles. The van der Waals surface area contributed by atoms with Crippen LogP contribution in [-0.4, -0.2) is 48.5 Å². The van der Waals surface area contributed by atoms with Gasteiger partial charge in [-0.05, 0) is 31.7 Å². The van der Waals surface area contributed by atoms with E-state index in [2.05, 4.69) is 25.7 Å². The van der Waals surface area contributed by atoms with Gasteiger partial charge >= 0.3 is 0 Å². The third-order valence-corrected chi connectivity index (χ3v) is 3.23. The van der Waals surface area contributed by atoms with Crippen LogP contribution < -0.4 is 0 Å². The summed E-state index contributed by atoms with van der Waals surface area (Å²) in [6.45, 7) is 10.0. The number of aliphatic hydroxyl groups excluding tert-OH is 1. The van der Waals surface area contributed by atoms with E-state index in [9.17, 15) is 5.11 Å². The van der Waals surface area contributed by atoms with Crippen molar-refractivity contribution in [2.45, 2.75) is 52.2 Å². The molecule has 0 radical (unpaired) electrons. The maximum atomic E-state index is 9.86. The van der Waals surface area contributed by atoms with Crippen LogP contribution in [0.4, 0.5) is 0 Å². The Bertz CT molecular complexity index is 185. The van der Waals surface area contributed by atoms with Crippen molar-refractivity contribution in [3.8, 4) is 0 Å². The Kier molecular flexibility index (Phi) is 6.32. The standard InChI is InChI=1S/C13H27NO2/c1-4-8-16-12-6-5-7-14(9-12)10-13(15)11(2)3/h11-13,15H,4-10H2,1-3H3. The van der Waals surface area contributed by atoms with Crippen molar-refractivity contribution in [2.24, 2.45) is 5.92 Å². The second kappa shape index (κ2) is 7.25. The lowest BCUT2D eigenvalue weighted by molar-refractivity contribution is -0.0167. The van der Waals surface area contributed by atoms with Gasteiger partial charge in [0.1, 0.15) is 0 Å². The van der Waals surface area contributed by atoms with Gasteiger partial charge in [-0.1, -0.05) is 20.8 Å². The van der Waals surface area contributed by atoms with Gasteiger partial charge in [0.2, 0.25) is 0 Å². The molecule has 2 unspecified atom stereocenters. The lowest BCUT2D eigenvalue weighted by Gasteiger charge is -2.34. The normalized spacial score (nSPS) is 24.9. The Hall–Kier alpha value is -0.120. The average molecular weight is 229 g/mol. The molecule has 3 nitrogen and oxygen atoms in total. The molecule has 1 N–H and O–H groups in total. The molecule has 0 aliphatic carbocycles. The zero-order valence-corrected chi connectivity index (χ0v) is 11.0. The summed E-state index contributed by atoms with van der Waals surface area (Å²) in [6.07, 6.45) is 3.64. The zero-order chi connectivity index (χ0) is 12.0.